The number of carbonyl (C=O) groups is 1. The number of aliphatic carboxylic acids is 1. The fourth-order valence-electron chi connectivity index (χ4n) is 1.26. The van der Waals surface area contributed by atoms with Crippen molar-refractivity contribution >= 4 is 5.97 Å². The van der Waals surface area contributed by atoms with Crippen molar-refractivity contribution in [2.75, 3.05) is 0 Å². The van der Waals surface area contributed by atoms with Crippen LogP contribution in [0, 0.1) is 6.92 Å². The monoisotopic (exact) mass is 186 g/mol. The molecule has 72 valence electrons. The van der Waals surface area contributed by atoms with E-state index in [1.165, 1.54) is 13.1 Å². The third-order valence-electron chi connectivity index (χ3n) is 1.87. The van der Waals surface area contributed by atoms with E-state index in [-0.39, 0.29) is 0 Å². The molecule has 1 heterocycles. The molecule has 1 unspecified atom stereocenters. The van der Waals surface area contributed by atoms with Crippen molar-refractivity contribution in [3.8, 4) is 0 Å². The van der Waals surface area contributed by atoms with Gasteiger partial charge in [0.2, 0.25) is 0 Å². The summed E-state index contributed by atoms with van der Waals surface area (Å²) in [6.45, 7) is 2.89. The lowest BCUT2D eigenvalue weighted by molar-refractivity contribution is -0.140. The lowest BCUT2D eigenvalue weighted by Crippen LogP contribution is -2.20. The minimum atomic E-state index is -1.86. The third kappa shape index (κ3) is 2.05. The molecule has 2 N–H and O–H groups in total. The van der Waals surface area contributed by atoms with E-state index in [1.54, 1.807) is 6.92 Å². The summed E-state index contributed by atoms with van der Waals surface area (Å²) in [6.07, 6.45) is 0.769. The quantitative estimate of drug-likeness (QED) is 0.749. The maximum absolute atomic E-state index is 13.7. The van der Waals surface area contributed by atoms with Crippen LogP contribution in [0.25, 0.3) is 0 Å². The van der Waals surface area contributed by atoms with E-state index in [0.29, 0.717) is 11.3 Å². The number of nitrogens with zero attached hydrogens (tertiary/aromatic N) is 1. The van der Waals surface area contributed by atoms with E-state index < -0.39 is 18.1 Å². The number of carboxylic acids is 1. The molecule has 0 spiro atoms. The lowest BCUT2D eigenvalue weighted by Gasteiger charge is -2.16. The maximum atomic E-state index is 13.7. The Balaban J connectivity index is 2.93. The van der Waals surface area contributed by atoms with E-state index in [2.05, 4.69) is 10.2 Å². The Kier molecular flexibility index (Phi) is 2.36. The topological polar surface area (TPSA) is 66.0 Å². The highest BCUT2D eigenvalue weighted by molar-refractivity contribution is 5.68. The van der Waals surface area contributed by atoms with Crippen LogP contribution >= 0.6 is 0 Å². The van der Waals surface area contributed by atoms with Crippen molar-refractivity contribution in [3.05, 3.63) is 17.5 Å². The molecule has 0 saturated carbocycles. The molecule has 0 aliphatic carbocycles. The Hall–Kier alpha value is -1.39. The summed E-state index contributed by atoms with van der Waals surface area (Å²) in [5, 5.41) is 14.7. The molecule has 0 aliphatic rings. The standard InChI is InChI=1S/C8H11FN2O2/c1-5-6(4-10-11-5)8(2,9)3-7(12)13/h4H,3H2,1-2H3,(H,10,11)(H,12,13). The average Bonchev–Trinajstić information content (AvgIpc) is 2.32. The molecule has 0 saturated heterocycles. The number of carboxylic acid groups (broad SMARTS) is 1. The van der Waals surface area contributed by atoms with E-state index in [4.69, 9.17) is 5.11 Å². The highest BCUT2D eigenvalue weighted by Crippen LogP contribution is 2.30. The number of rotatable bonds is 3. The van der Waals surface area contributed by atoms with Gasteiger partial charge in [-0.25, -0.2) is 4.39 Å². The molecule has 1 aromatic heterocycles. The van der Waals surface area contributed by atoms with Crippen LogP contribution in [-0.2, 0) is 10.5 Å². The van der Waals surface area contributed by atoms with E-state index in [0.717, 1.165) is 0 Å². The number of alkyl halides is 1. The van der Waals surface area contributed by atoms with Gasteiger partial charge in [-0.15, -0.1) is 0 Å². The molecule has 0 amide bonds. The number of aryl methyl sites for hydroxylation is 1. The molecule has 0 aromatic carbocycles. The SMILES string of the molecule is Cc1[nH]ncc1C(C)(F)CC(=O)O. The second kappa shape index (κ2) is 3.16. The van der Waals surface area contributed by atoms with Crippen molar-refractivity contribution in [3.63, 3.8) is 0 Å². The summed E-state index contributed by atoms with van der Waals surface area (Å²) in [5.41, 5.74) is -0.996. The van der Waals surface area contributed by atoms with Crippen molar-refractivity contribution < 1.29 is 14.3 Å². The van der Waals surface area contributed by atoms with Crippen LogP contribution in [0.2, 0.25) is 0 Å². The van der Waals surface area contributed by atoms with Crippen LogP contribution in [0.1, 0.15) is 24.6 Å². The molecule has 4 nitrogen and oxygen atoms in total. The molecule has 0 fully saturated rings. The molecule has 1 rings (SSSR count). The predicted octanol–water partition coefficient (Wildman–Crippen LogP) is 1.38. The fourth-order valence-corrected chi connectivity index (χ4v) is 1.26. The van der Waals surface area contributed by atoms with Crippen LogP contribution in [0.4, 0.5) is 4.39 Å². The van der Waals surface area contributed by atoms with Gasteiger partial charge in [-0.05, 0) is 13.8 Å². The Labute approximate surface area is 74.8 Å². The number of aromatic amines is 1. The molecule has 0 radical (unpaired) electrons. The first-order chi connectivity index (χ1) is 5.93. The number of hydrogen-bond acceptors (Lipinski definition) is 2. The molecule has 13 heavy (non-hydrogen) atoms. The van der Waals surface area contributed by atoms with Crippen molar-refractivity contribution in [2.24, 2.45) is 0 Å². The zero-order chi connectivity index (χ0) is 10.1. The van der Waals surface area contributed by atoms with Gasteiger partial charge in [0.25, 0.3) is 0 Å². The first-order valence-corrected chi connectivity index (χ1v) is 3.84. The summed E-state index contributed by atoms with van der Waals surface area (Å²) >= 11 is 0. The number of halogens is 1. The number of aromatic nitrogens is 2. The summed E-state index contributed by atoms with van der Waals surface area (Å²) in [4.78, 5) is 10.4. The van der Waals surface area contributed by atoms with Gasteiger partial charge in [0, 0.05) is 11.3 Å². The Bertz CT molecular complexity index is 320. The van der Waals surface area contributed by atoms with Crippen LogP contribution in [0.5, 0.6) is 0 Å². The maximum Gasteiger partial charge on any atom is 0.306 e. The second-order valence-electron chi connectivity index (χ2n) is 3.18. The van der Waals surface area contributed by atoms with Crippen LogP contribution in [0.3, 0.4) is 0 Å². The minimum Gasteiger partial charge on any atom is -0.481 e. The van der Waals surface area contributed by atoms with Gasteiger partial charge in [-0.3, -0.25) is 9.89 Å². The normalized spacial score (nSPS) is 15.3. The predicted molar refractivity (Wildman–Crippen MR) is 44.0 cm³/mol. The van der Waals surface area contributed by atoms with Crippen LogP contribution in [-0.4, -0.2) is 21.3 Å². The molecular weight excluding hydrogens is 175 g/mol. The Morgan fingerprint density at radius 3 is 2.85 bits per heavy atom. The molecular formula is C8H11FN2O2. The van der Waals surface area contributed by atoms with Gasteiger partial charge in [0.1, 0.15) is 5.67 Å². The van der Waals surface area contributed by atoms with Gasteiger partial charge in [-0.2, -0.15) is 5.10 Å². The van der Waals surface area contributed by atoms with Crippen molar-refractivity contribution in [1.29, 1.82) is 0 Å². The third-order valence-corrected chi connectivity index (χ3v) is 1.87. The molecule has 5 heteroatoms. The van der Waals surface area contributed by atoms with Gasteiger partial charge in [0.15, 0.2) is 0 Å². The van der Waals surface area contributed by atoms with E-state index in [9.17, 15) is 9.18 Å². The van der Waals surface area contributed by atoms with Gasteiger partial charge >= 0.3 is 5.97 Å². The largest absolute Gasteiger partial charge is 0.481 e. The molecule has 1 atom stereocenters. The first kappa shape index (κ1) is 9.70. The zero-order valence-corrected chi connectivity index (χ0v) is 7.47. The first-order valence-electron chi connectivity index (χ1n) is 3.84. The van der Waals surface area contributed by atoms with Gasteiger partial charge in [0.05, 0.1) is 12.6 Å². The Morgan fingerprint density at radius 1 is 1.85 bits per heavy atom. The highest BCUT2D eigenvalue weighted by Gasteiger charge is 2.31. The number of H-pyrrole nitrogens is 1. The second-order valence-corrected chi connectivity index (χ2v) is 3.18. The lowest BCUT2D eigenvalue weighted by atomic mass is 9.95. The smallest absolute Gasteiger partial charge is 0.306 e. The highest BCUT2D eigenvalue weighted by atomic mass is 19.1. The molecule has 0 bridgehead atoms. The van der Waals surface area contributed by atoms with E-state index in [1.807, 2.05) is 0 Å². The van der Waals surface area contributed by atoms with Crippen LogP contribution < -0.4 is 0 Å². The Morgan fingerprint density at radius 2 is 2.46 bits per heavy atom. The van der Waals surface area contributed by atoms with Gasteiger partial charge < -0.3 is 5.11 Å². The van der Waals surface area contributed by atoms with Crippen molar-refractivity contribution in [1.82, 2.24) is 10.2 Å². The summed E-state index contributed by atoms with van der Waals surface area (Å²) < 4.78 is 13.7. The van der Waals surface area contributed by atoms with Gasteiger partial charge in [-0.1, -0.05) is 0 Å². The number of hydrogen-bond donors (Lipinski definition) is 2. The molecule has 1 aromatic rings. The number of nitrogens with one attached hydrogen (secondary N) is 1. The minimum absolute atomic E-state index is 0.301. The average molecular weight is 186 g/mol. The van der Waals surface area contributed by atoms with E-state index >= 15 is 0 Å². The van der Waals surface area contributed by atoms with Crippen molar-refractivity contribution in [2.45, 2.75) is 25.9 Å². The zero-order valence-electron chi connectivity index (χ0n) is 7.47. The fraction of sp³-hybridized carbons (Fsp3) is 0.500. The summed E-state index contributed by atoms with van der Waals surface area (Å²) in [6, 6.07) is 0. The molecule has 0 aliphatic heterocycles. The summed E-state index contributed by atoms with van der Waals surface area (Å²) in [7, 11) is 0. The summed E-state index contributed by atoms with van der Waals surface area (Å²) in [5.74, 6) is -1.16. The van der Waals surface area contributed by atoms with Crippen LogP contribution in [0.15, 0.2) is 6.20 Å².